The minimum atomic E-state index is 0.0935. The van der Waals surface area contributed by atoms with Crippen molar-refractivity contribution in [3.05, 3.63) is 71.3 Å². The van der Waals surface area contributed by atoms with Gasteiger partial charge in [0.15, 0.2) is 0 Å². The molecule has 2 aliphatic rings. The van der Waals surface area contributed by atoms with Crippen LogP contribution in [-0.2, 0) is 24.4 Å². The highest BCUT2D eigenvalue weighted by molar-refractivity contribution is 5.79. The van der Waals surface area contributed by atoms with Gasteiger partial charge in [-0.2, -0.15) is 0 Å². The van der Waals surface area contributed by atoms with Crippen molar-refractivity contribution in [2.75, 3.05) is 26.2 Å². The number of amides is 1. The van der Waals surface area contributed by atoms with Crippen LogP contribution in [0.2, 0.25) is 0 Å². The number of piperidine rings is 2. The molecule has 31 heavy (non-hydrogen) atoms. The molecule has 2 fully saturated rings. The molecule has 2 aliphatic heterocycles. The molecule has 1 N–H and O–H groups in total. The van der Waals surface area contributed by atoms with E-state index in [1.807, 2.05) is 0 Å². The Bertz CT molecular complexity index is 829. The Labute approximate surface area is 187 Å². The predicted molar refractivity (Wildman–Crippen MR) is 126 cm³/mol. The van der Waals surface area contributed by atoms with Crippen LogP contribution in [0.3, 0.4) is 0 Å². The van der Waals surface area contributed by atoms with E-state index in [9.17, 15) is 4.79 Å². The summed E-state index contributed by atoms with van der Waals surface area (Å²) in [7, 11) is 0. The highest BCUT2D eigenvalue weighted by Crippen LogP contribution is 2.20. The fourth-order valence-electron chi connectivity index (χ4n) is 4.90. The average Bonchev–Trinajstić information content (AvgIpc) is 2.80. The summed E-state index contributed by atoms with van der Waals surface area (Å²) in [6, 6.07) is 19.3. The number of nitrogens with one attached hydrogen (secondary N) is 1. The molecule has 0 spiro atoms. The molecule has 4 nitrogen and oxygen atoms in total. The Balaban J connectivity index is 1.25. The van der Waals surface area contributed by atoms with Crippen LogP contribution in [0, 0.1) is 11.8 Å². The maximum atomic E-state index is 12.9. The number of carbonyl (C=O) groups is 1. The van der Waals surface area contributed by atoms with Crippen LogP contribution in [0.25, 0.3) is 0 Å². The molecule has 2 heterocycles. The van der Waals surface area contributed by atoms with Gasteiger partial charge in [-0.3, -0.25) is 14.6 Å². The third-order valence-electron chi connectivity index (χ3n) is 6.87. The lowest BCUT2D eigenvalue weighted by atomic mass is 9.96. The Morgan fingerprint density at radius 3 is 2.39 bits per heavy atom. The number of hydrogen-bond acceptors (Lipinski definition) is 3. The molecule has 1 unspecified atom stereocenters. The third-order valence-corrected chi connectivity index (χ3v) is 6.87. The smallest absolute Gasteiger partial charge is 0.224 e. The zero-order chi connectivity index (χ0) is 21.5. The van der Waals surface area contributed by atoms with Gasteiger partial charge in [-0.25, -0.2) is 0 Å². The summed E-state index contributed by atoms with van der Waals surface area (Å²) in [5, 5.41) is 3.21. The standard InChI is InChI=1S/C27H37N3O/c1-22-12-15-29(16-13-22)20-25-10-5-9-24(17-25)18-28-27(31)26-11-6-14-30(21-26)19-23-7-3-2-4-8-23/h2-5,7-10,17,22,26H,6,11-16,18-21H2,1H3,(H,28,31). The molecule has 2 aromatic rings. The number of nitrogens with zero attached hydrogens (tertiary/aromatic N) is 2. The minimum Gasteiger partial charge on any atom is -0.352 e. The SMILES string of the molecule is CC1CCN(Cc2cccc(CNC(=O)C3CCCN(Cc4ccccc4)C3)c2)CC1. The number of hydrogen-bond donors (Lipinski definition) is 1. The lowest BCUT2D eigenvalue weighted by Gasteiger charge is -2.32. The van der Waals surface area contributed by atoms with Gasteiger partial charge < -0.3 is 5.32 Å². The normalized spacial score (nSPS) is 21.1. The van der Waals surface area contributed by atoms with Crippen molar-refractivity contribution < 1.29 is 4.79 Å². The van der Waals surface area contributed by atoms with Gasteiger partial charge in [0.05, 0.1) is 5.92 Å². The molecule has 0 radical (unpaired) electrons. The van der Waals surface area contributed by atoms with Crippen molar-refractivity contribution in [3.63, 3.8) is 0 Å². The Kier molecular flexibility index (Phi) is 7.76. The van der Waals surface area contributed by atoms with E-state index in [1.165, 1.54) is 42.6 Å². The molecule has 0 saturated carbocycles. The Hall–Kier alpha value is -2.17. The topological polar surface area (TPSA) is 35.6 Å². The van der Waals surface area contributed by atoms with Crippen LogP contribution in [0.1, 0.15) is 49.3 Å². The monoisotopic (exact) mass is 419 g/mol. The third kappa shape index (κ3) is 6.65. The molecule has 4 rings (SSSR count). The maximum absolute atomic E-state index is 12.9. The summed E-state index contributed by atoms with van der Waals surface area (Å²) in [5.41, 5.74) is 3.88. The number of benzene rings is 2. The molecular weight excluding hydrogens is 382 g/mol. The number of rotatable bonds is 7. The van der Waals surface area contributed by atoms with Crippen LogP contribution < -0.4 is 5.32 Å². The molecule has 166 valence electrons. The van der Waals surface area contributed by atoms with Crippen molar-refractivity contribution in [1.82, 2.24) is 15.1 Å². The van der Waals surface area contributed by atoms with Crippen molar-refractivity contribution in [3.8, 4) is 0 Å². The van der Waals surface area contributed by atoms with E-state index in [-0.39, 0.29) is 11.8 Å². The first kappa shape index (κ1) is 22.0. The number of likely N-dealkylation sites (tertiary alicyclic amines) is 2. The van der Waals surface area contributed by atoms with E-state index in [0.717, 1.165) is 44.9 Å². The molecule has 1 atom stereocenters. The molecule has 1 amide bonds. The van der Waals surface area contributed by atoms with Gasteiger partial charge in [0.2, 0.25) is 5.91 Å². The molecule has 0 aliphatic carbocycles. The van der Waals surface area contributed by atoms with Gasteiger partial charge in [0.25, 0.3) is 0 Å². The Morgan fingerprint density at radius 2 is 1.58 bits per heavy atom. The van der Waals surface area contributed by atoms with Crippen molar-refractivity contribution in [2.45, 2.75) is 52.2 Å². The molecule has 2 aromatic carbocycles. The fourth-order valence-corrected chi connectivity index (χ4v) is 4.90. The summed E-state index contributed by atoms with van der Waals surface area (Å²) in [4.78, 5) is 17.8. The van der Waals surface area contributed by atoms with E-state index in [1.54, 1.807) is 0 Å². The van der Waals surface area contributed by atoms with Crippen molar-refractivity contribution in [1.29, 1.82) is 0 Å². The van der Waals surface area contributed by atoms with Crippen molar-refractivity contribution in [2.24, 2.45) is 11.8 Å². The largest absolute Gasteiger partial charge is 0.352 e. The van der Waals surface area contributed by atoms with E-state index in [2.05, 4.69) is 76.6 Å². The summed E-state index contributed by atoms with van der Waals surface area (Å²) in [6.45, 7) is 9.26. The molecule has 4 heteroatoms. The first-order valence-corrected chi connectivity index (χ1v) is 12.0. The maximum Gasteiger partial charge on any atom is 0.224 e. The quantitative estimate of drug-likeness (QED) is 0.720. The zero-order valence-corrected chi connectivity index (χ0v) is 18.9. The number of carbonyl (C=O) groups excluding carboxylic acids is 1. The lowest BCUT2D eigenvalue weighted by Crippen LogP contribution is -2.42. The highest BCUT2D eigenvalue weighted by Gasteiger charge is 2.25. The van der Waals surface area contributed by atoms with Gasteiger partial charge in [0, 0.05) is 26.2 Å². The van der Waals surface area contributed by atoms with Crippen LogP contribution in [0.5, 0.6) is 0 Å². The zero-order valence-electron chi connectivity index (χ0n) is 18.9. The summed E-state index contributed by atoms with van der Waals surface area (Å²) < 4.78 is 0. The van der Waals surface area contributed by atoms with E-state index >= 15 is 0 Å². The van der Waals surface area contributed by atoms with E-state index in [4.69, 9.17) is 0 Å². The molecule has 0 aromatic heterocycles. The first-order valence-electron chi connectivity index (χ1n) is 12.0. The highest BCUT2D eigenvalue weighted by atomic mass is 16.1. The molecule has 2 saturated heterocycles. The molecular formula is C27H37N3O. The fraction of sp³-hybridized carbons (Fsp3) is 0.519. The van der Waals surface area contributed by atoms with Crippen LogP contribution in [0.4, 0.5) is 0 Å². The summed E-state index contributed by atoms with van der Waals surface area (Å²) >= 11 is 0. The second-order valence-corrected chi connectivity index (χ2v) is 9.56. The average molecular weight is 420 g/mol. The van der Waals surface area contributed by atoms with Gasteiger partial charge in [0.1, 0.15) is 0 Å². The van der Waals surface area contributed by atoms with Crippen LogP contribution in [0.15, 0.2) is 54.6 Å². The van der Waals surface area contributed by atoms with E-state index < -0.39 is 0 Å². The van der Waals surface area contributed by atoms with Gasteiger partial charge in [-0.1, -0.05) is 61.5 Å². The van der Waals surface area contributed by atoms with E-state index in [0.29, 0.717) is 6.54 Å². The van der Waals surface area contributed by atoms with Crippen LogP contribution >= 0.6 is 0 Å². The van der Waals surface area contributed by atoms with Gasteiger partial charge in [-0.15, -0.1) is 0 Å². The Morgan fingerprint density at radius 1 is 0.871 bits per heavy atom. The second kappa shape index (κ2) is 10.9. The molecule has 0 bridgehead atoms. The summed E-state index contributed by atoms with van der Waals surface area (Å²) in [6.07, 6.45) is 4.69. The lowest BCUT2D eigenvalue weighted by molar-refractivity contribution is -0.126. The second-order valence-electron chi connectivity index (χ2n) is 9.56. The predicted octanol–water partition coefficient (Wildman–Crippen LogP) is 4.45. The van der Waals surface area contributed by atoms with Crippen molar-refractivity contribution >= 4 is 5.91 Å². The summed E-state index contributed by atoms with van der Waals surface area (Å²) in [5.74, 6) is 1.16. The van der Waals surface area contributed by atoms with Crippen LogP contribution in [-0.4, -0.2) is 41.9 Å². The van der Waals surface area contributed by atoms with Gasteiger partial charge >= 0.3 is 0 Å². The minimum absolute atomic E-state index is 0.0935. The van der Waals surface area contributed by atoms with Gasteiger partial charge in [-0.05, 0) is 67.9 Å². The first-order chi connectivity index (χ1) is 15.2.